The average Bonchev–Trinajstić information content (AvgIpc) is 3.05. The van der Waals surface area contributed by atoms with E-state index >= 15 is 0 Å². The number of aromatic nitrogens is 2. The number of hydrogen-bond donors (Lipinski definition) is 1. The van der Waals surface area contributed by atoms with Crippen molar-refractivity contribution in [1.82, 2.24) is 10.2 Å². The van der Waals surface area contributed by atoms with Gasteiger partial charge in [0.05, 0.1) is 32.6 Å². The van der Waals surface area contributed by atoms with Gasteiger partial charge in [0.25, 0.3) is 5.91 Å². The van der Waals surface area contributed by atoms with Crippen molar-refractivity contribution in [2.24, 2.45) is 0 Å². The fourth-order valence-corrected chi connectivity index (χ4v) is 3.31. The van der Waals surface area contributed by atoms with Crippen molar-refractivity contribution in [1.29, 1.82) is 0 Å². The van der Waals surface area contributed by atoms with Gasteiger partial charge in [0.2, 0.25) is 5.13 Å². The fourth-order valence-electron chi connectivity index (χ4n) is 1.73. The van der Waals surface area contributed by atoms with Crippen LogP contribution in [0.1, 0.15) is 10.4 Å². The minimum Gasteiger partial charge on any atom is -0.493 e. The van der Waals surface area contributed by atoms with Crippen LogP contribution in [-0.2, 0) is 9.53 Å². The first kappa shape index (κ1) is 18.0. The van der Waals surface area contributed by atoms with Crippen molar-refractivity contribution in [3.8, 4) is 11.5 Å². The van der Waals surface area contributed by atoms with Gasteiger partial charge in [-0.15, -0.1) is 10.2 Å². The van der Waals surface area contributed by atoms with E-state index in [1.807, 2.05) is 0 Å². The molecule has 10 heteroatoms. The van der Waals surface area contributed by atoms with Crippen LogP contribution >= 0.6 is 23.1 Å². The van der Waals surface area contributed by atoms with Gasteiger partial charge in [-0.25, -0.2) is 0 Å². The quantitative estimate of drug-likeness (QED) is 0.450. The van der Waals surface area contributed by atoms with Gasteiger partial charge in [0, 0.05) is 0 Å². The smallest absolute Gasteiger partial charge is 0.316 e. The van der Waals surface area contributed by atoms with E-state index in [4.69, 9.17) is 9.47 Å². The lowest BCUT2D eigenvalue weighted by atomic mass is 10.1. The monoisotopic (exact) mass is 369 g/mol. The Bertz CT molecular complexity index is 735. The second-order valence-electron chi connectivity index (χ2n) is 4.23. The first-order valence-electron chi connectivity index (χ1n) is 6.64. The van der Waals surface area contributed by atoms with Gasteiger partial charge in [-0.3, -0.25) is 14.9 Å². The Balaban J connectivity index is 2.08. The summed E-state index contributed by atoms with van der Waals surface area (Å²) in [7, 11) is 4.27. The van der Waals surface area contributed by atoms with Crippen molar-refractivity contribution >= 4 is 40.1 Å². The highest BCUT2D eigenvalue weighted by molar-refractivity contribution is 8.01. The minimum atomic E-state index is -0.397. The topological polar surface area (TPSA) is 99.6 Å². The average molecular weight is 369 g/mol. The van der Waals surface area contributed by atoms with Crippen LogP contribution in [0, 0.1) is 0 Å². The molecule has 1 amide bonds. The molecule has 1 aromatic carbocycles. The maximum Gasteiger partial charge on any atom is 0.316 e. The molecule has 1 N–H and O–H groups in total. The number of anilines is 1. The molecule has 24 heavy (non-hydrogen) atoms. The van der Waals surface area contributed by atoms with Gasteiger partial charge < -0.3 is 14.2 Å². The summed E-state index contributed by atoms with van der Waals surface area (Å²) < 4.78 is 15.5. The third kappa shape index (κ3) is 4.36. The van der Waals surface area contributed by atoms with Gasteiger partial charge in [-0.2, -0.15) is 0 Å². The Morgan fingerprint density at radius 1 is 1.21 bits per heavy atom. The van der Waals surface area contributed by atoms with Crippen LogP contribution in [0.5, 0.6) is 11.5 Å². The number of carbonyl (C=O) groups is 2. The molecular weight excluding hydrogens is 354 g/mol. The van der Waals surface area contributed by atoms with E-state index in [9.17, 15) is 9.59 Å². The summed E-state index contributed by atoms with van der Waals surface area (Å²) in [5, 5.41) is 10.7. The summed E-state index contributed by atoms with van der Waals surface area (Å²) in [5.41, 5.74) is 0.316. The molecule has 0 saturated heterocycles. The number of methoxy groups -OCH3 is 3. The Morgan fingerprint density at radius 3 is 2.67 bits per heavy atom. The van der Waals surface area contributed by atoms with Crippen molar-refractivity contribution in [2.75, 3.05) is 32.4 Å². The molecule has 2 aromatic rings. The van der Waals surface area contributed by atoms with E-state index in [0.29, 0.717) is 26.5 Å². The van der Waals surface area contributed by atoms with Gasteiger partial charge in [-0.1, -0.05) is 29.2 Å². The lowest BCUT2D eigenvalue weighted by Crippen LogP contribution is -2.13. The zero-order valence-electron chi connectivity index (χ0n) is 13.2. The molecule has 1 heterocycles. The summed E-state index contributed by atoms with van der Waals surface area (Å²) in [4.78, 5) is 23.5. The summed E-state index contributed by atoms with van der Waals surface area (Å²) >= 11 is 2.35. The van der Waals surface area contributed by atoms with Gasteiger partial charge in [0.1, 0.15) is 0 Å². The predicted octanol–water partition coefficient (Wildman–Crippen LogP) is 2.07. The minimum absolute atomic E-state index is 0.128. The van der Waals surface area contributed by atoms with E-state index < -0.39 is 5.91 Å². The predicted molar refractivity (Wildman–Crippen MR) is 90.1 cm³/mol. The molecule has 0 aliphatic rings. The van der Waals surface area contributed by atoms with Crippen molar-refractivity contribution < 1.29 is 23.8 Å². The van der Waals surface area contributed by atoms with Gasteiger partial charge in [0.15, 0.2) is 15.8 Å². The second kappa shape index (κ2) is 8.50. The van der Waals surface area contributed by atoms with Crippen molar-refractivity contribution in [2.45, 2.75) is 4.34 Å². The van der Waals surface area contributed by atoms with Crippen molar-refractivity contribution in [3.05, 3.63) is 23.8 Å². The number of thioether (sulfide) groups is 1. The van der Waals surface area contributed by atoms with E-state index in [1.165, 1.54) is 33.1 Å². The van der Waals surface area contributed by atoms with Crippen LogP contribution in [0.25, 0.3) is 0 Å². The number of nitrogens with zero attached hydrogens (tertiary/aromatic N) is 2. The first-order chi connectivity index (χ1) is 11.6. The molecule has 0 atom stereocenters. The highest BCUT2D eigenvalue weighted by atomic mass is 32.2. The SMILES string of the molecule is COC(=O)CSc1nnc(NC(=O)c2cccc(OC)c2OC)s1. The largest absolute Gasteiger partial charge is 0.493 e. The van der Waals surface area contributed by atoms with Crippen LogP contribution in [0.3, 0.4) is 0 Å². The van der Waals surface area contributed by atoms with Crippen LogP contribution in [0.4, 0.5) is 5.13 Å². The summed E-state index contributed by atoms with van der Waals surface area (Å²) in [5.74, 6) is 0.162. The van der Waals surface area contributed by atoms with Crippen LogP contribution < -0.4 is 14.8 Å². The summed E-state index contributed by atoms with van der Waals surface area (Å²) in [6.07, 6.45) is 0. The number of hydrogen-bond acceptors (Lipinski definition) is 9. The molecule has 0 aliphatic heterocycles. The fraction of sp³-hybridized carbons (Fsp3) is 0.286. The van der Waals surface area contributed by atoms with Gasteiger partial charge >= 0.3 is 5.97 Å². The van der Waals surface area contributed by atoms with E-state index in [0.717, 1.165) is 11.3 Å². The zero-order valence-corrected chi connectivity index (χ0v) is 14.8. The first-order valence-corrected chi connectivity index (χ1v) is 8.44. The van der Waals surface area contributed by atoms with E-state index in [2.05, 4.69) is 20.3 Å². The Morgan fingerprint density at radius 2 is 2.00 bits per heavy atom. The number of carbonyl (C=O) groups excluding carboxylic acids is 2. The highest BCUT2D eigenvalue weighted by Crippen LogP contribution is 2.32. The molecule has 0 aliphatic carbocycles. The molecule has 0 fully saturated rings. The molecule has 8 nitrogen and oxygen atoms in total. The highest BCUT2D eigenvalue weighted by Gasteiger charge is 2.18. The third-order valence-corrected chi connectivity index (χ3v) is 4.76. The van der Waals surface area contributed by atoms with E-state index in [1.54, 1.807) is 18.2 Å². The lowest BCUT2D eigenvalue weighted by molar-refractivity contribution is -0.137. The van der Waals surface area contributed by atoms with Crippen LogP contribution in [0.15, 0.2) is 22.5 Å². The number of rotatable bonds is 7. The third-order valence-electron chi connectivity index (χ3n) is 2.82. The molecule has 2 rings (SSSR count). The summed E-state index contributed by atoms with van der Waals surface area (Å²) in [6.45, 7) is 0. The zero-order chi connectivity index (χ0) is 17.5. The Labute approximate surface area is 146 Å². The number of amides is 1. The number of esters is 1. The molecular formula is C14H15N3O5S2. The molecule has 0 unspecified atom stereocenters. The molecule has 0 saturated carbocycles. The molecule has 0 spiro atoms. The number of para-hydroxylation sites is 1. The normalized spacial score (nSPS) is 10.1. The van der Waals surface area contributed by atoms with Crippen molar-refractivity contribution in [3.63, 3.8) is 0 Å². The molecule has 0 bridgehead atoms. The van der Waals surface area contributed by atoms with Crippen LogP contribution in [0.2, 0.25) is 0 Å². The number of nitrogens with one attached hydrogen (secondary N) is 1. The number of benzene rings is 1. The maximum atomic E-state index is 12.4. The van der Waals surface area contributed by atoms with E-state index in [-0.39, 0.29) is 11.7 Å². The molecule has 1 aromatic heterocycles. The Kier molecular flexibility index (Phi) is 6.38. The molecule has 0 radical (unpaired) electrons. The summed E-state index contributed by atoms with van der Waals surface area (Å²) in [6, 6.07) is 5.00. The standard InChI is InChI=1S/C14H15N3O5S2/c1-20-9-6-4-5-8(11(9)22-3)12(19)15-13-16-17-14(24-13)23-7-10(18)21-2/h4-6H,7H2,1-3H3,(H,15,16,19). The maximum absolute atomic E-state index is 12.4. The van der Waals surface area contributed by atoms with Gasteiger partial charge in [-0.05, 0) is 12.1 Å². The van der Waals surface area contributed by atoms with Crippen LogP contribution in [-0.4, -0.2) is 49.2 Å². The second-order valence-corrected chi connectivity index (χ2v) is 6.43. The lowest BCUT2D eigenvalue weighted by Gasteiger charge is -2.11. The Hall–Kier alpha value is -2.33. The molecule has 128 valence electrons. The number of ether oxygens (including phenoxy) is 3.